The van der Waals surface area contributed by atoms with Crippen molar-refractivity contribution in [3.05, 3.63) is 35.9 Å². The summed E-state index contributed by atoms with van der Waals surface area (Å²) in [7, 11) is 0. The van der Waals surface area contributed by atoms with Gasteiger partial charge in [-0.05, 0) is 25.3 Å². The molecule has 1 rings (SSSR count). The minimum Gasteiger partial charge on any atom is -0.481 e. The van der Waals surface area contributed by atoms with Crippen LogP contribution in [-0.2, 0) is 15.0 Å². The van der Waals surface area contributed by atoms with Gasteiger partial charge in [0.2, 0.25) is 5.91 Å². The van der Waals surface area contributed by atoms with E-state index >= 15 is 0 Å². The standard InChI is InChI=1S/C17H21NO3/c1-3-4-5-9-12-18-15(19)13-17(2,16(20)21)14-10-7-6-8-11-14/h1,6-8,10-11H,4-5,9,12-13H2,2H3,(H,18,19)(H,20,21). The number of aliphatic carboxylic acids is 1. The maximum Gasteiger partial charge on any atom is 0.314 e. The second kappa shape index (κ2) is 8.11. The maximum absolute atomic E-state index is 12.0. The molecule has 0 saturated heterocycles. The molecule has 0 fully saturated rings. The van der Waals surface area contributed by atoms with Crippen LogP contribution in [0, 0.1) is 12.3 Å². The molecule has 0 radical (unpaired) electrons. The minimum atomic E-state index is -1.22. The third-order valence-electron chi connectivity index (χ3n) is 3.47. The number of hydrogen-bond acceptors (Lipinski definition) is 2. The van der Waals surface area contributed by atoms with Gasteiger partial charge in [0.1, 0.15) is 0 Å². The fourth-order valence-corrected chi connectivity index (χ4v) is 2.07. The maximum atomic E-state index is 12.0. The van der Waals surface area contributed by atoms with Crippen LogP contribution in [0.4, 0.5) is 0 Å². The van der Waals surface area contributed by atoms with Gasteiger partial charge in [-0.2, -0.15) is 0 Å². The van der Waals surface area contributed by atoms with Crippen LogP contribution in [0.15, 0.2) is 30.3 Å². The fourth-order valence-electron chi connectivity index (χ4n) is 2.07. The lowest BCUT2D eigenvalue weighted by molar-refractivity contribution is -0.145. The second-order valence-corrected chi connectivity index (χ2v) is 5.19. The summed E-state index contributed by atoms with van der Waals surface area (Å²) in [6, 6.07) is 8.82. The van der Waals surface area contributed by atoms with E-state index < -0.39 is 11.4 Å². The zero-order valence-corrected chi connectivity index (χ0v) is 12.3. The third-order valence-corrected chi connectivity index (χ3v) is 3.47. The van der Waals surface area contributed by atoms with E-state index in [2.05, 4.69) is 11.2 Å². The van der Waals surface area contributed by atoms with E-state index in [1.807, 2.05) is 6.07 Å². The van der Waals surface area contributed by atoms with Crippen LogP contribution in [-0.4, -0.2) is 23.5 Å². The summed E-state index contributed by atoms with van der Waals surface area (Å²) >= 11 is 0. The zero-order chi connectivity index (χ0) is 15.7. The molecule has 1 aromatic rings. The lowest BCUT2D eigenvalue weighted by Crippen LogP contribution is -2.39. The van der Waals surface area contributed by atoms with Crippen molar-refractivity contribution >= 4 is 11.9 Å². The highest BCUT2D eigenvalue weighted by atomic mass is 16.4. The minimum absolute atomic E-state index is 0.0819. The normalized spacial score (nSPS) is 13.0. The first kappa shape index (κ1) is 16.8. The summed E-state index contributed by atoms with van der Waals surface area (Å²) in [6.45, 7) is 2.09. The van der Waals surface area contributed by atoms with Crippen LogP contribution in [0.5, 0.6) is 0 Å². The van der Waals surface area contributed by atoms with E-state index in [1.54, 1.807) is 31.2 Å². The van der Waals surface area contributed by atoms with Gasteiger partial charge in [0.25, 0.3) is 0 Å². The van der Waals surface area contributed by atoms with Crippen molar-refractivity contribution in [2.75, 3.05) is 6.54 Å². The van der Waals surface area contributed by atoms with Gasteiger partial charge in [-0.25, -0.2) is 0 Å². The number of carbonyl (C=O) groups is 2. The summed E-state index contributed by atoms with van der Waals surface area (Å²) in [6.07, 6.45) is 7.40. The summed E-state index contributed by atoms with van der Waals surface area (Å²) in [5.74, 6) is 1.28. The number of nitrogens with one attached hydrogen (secondary N) is 1. The van der Waals surface area contributed by atoms with Gasteiger partial charge in [0, 0.05) is 19.4 Å². The first-order chi connectivity index (χ1) is 10.0. The molecule has 112 valence electrons. The van der Waals surface area contributed by atoms with Crippen LogP contribution >= 0.6 is 0 Å². The van der Waals surface area contributed by atoms with Gasteiger partial charge >= 0.3 is 5.97 Å². The molecule has 1 atom stereocenters. The Morgan fingerprint density at radius 2 is 1.95 bits per heavy atom. The first-order valence-corrected chi connectivity index (χ1v) is 7.00. The molecule has 1 amide bonds. The van der Waals surface area contributed by atoms with Gasteiger partial charge in [-0.15, -0.1) is 12.3 Å². The number of carboxylic acid groups (broad SMARTS) is 1. The van der Waals surface area contributed by atoms with E-state index in [4.69, 9.17) is 6.42 Å². The molecule has 0 heterocycles. The molecule has 1 unspecified atom stereocenters. The van der Waals surface area contributed by atoms with Crippen molar-refractivity contribution in [3.63, 3.8) is 0 Å². The molecule has 2 N–H and O–H groups in total. The Morgan fingerprint density at radius 3 is 2.52 bits per heavy atom. The van der Waals surface area contributed by atoms with Crippen LogP contribution < -0.4 is 5.32 Å². The predicted octanol–water partition coefficient (Wildman–Crippen LogP) is 2.34. The van der Waals surface area contributed by atoms with Crippen molar-refractivity contribution in [2.24, 2.45) is 0 Å². The van der Waals surface area contributed by atoms with Crippen LogP contribution in [0.1, 0.15) is 38.2 Å². The summed E-state index contributed by atoms with van der Waals surface area (Å²) < 4.78 is 0. The smallest absolute Gasteiger partial charge is 0.314 e. The molecule has 0 aliphatic rings. The van der Waals surface area contributed by atoms with E-state index in [9.17, 15) is 14.7 Å². The lowest BCUT2D eigenvalue weighted by atomic mass is 9.79. The fraction of sp³-hybridized carbons (Fsp3) is 0.412. The number of benzene rings is 1. The van der Waals surface area contributed by atoms with Crippen molar-refractivity contribution in [3.8, 4) is 12.3 Å². The Labute approximate surface area is 125 Å². The Hall–Kier alpha value is -2.28. The summed E-state index contributed by atoms with van der Waals surface area (Å²) in [5, 5.41) is 12.2. The lowest BCUT2D eigenvalue weighted by Gasteiger charge is -2.24. The SMILES string of the molecule is C#CCCCCNC(=O)CC(C)(C(=O)O)c1ccccc1. The van der Waals surface area contributed by atoms with Gasteiger partial charge in [0.05, 0.1) is 5.41 Å². The van der Waals surface area contributed by atoms with E-state index in [-0.39, 0.29) is 12.3 Å². The number of carbonyl (C=O) groups excluding carboxylic acids is 1. The molecule has 21 heavy (non-hydrogen) atoms. The summed E-state index contributed by atoms with van der Waals surface area (Å²) in [4.78, 5) is 23.5. The molecule has 0 saturated carbocycles. The van der Waals surface area contributed by atoms with Crippen molar-refractivity contribution in [1.82, 2.24) is 5.32 Å². The highest BCUT2D eigenvalue weighted by Crippen LogP contribution is 2.27. The average molecular weight is 287 g/mol. The van der Waals surface area contributed by atoms with Crippen molar-refractivity contribution in [1.29, 1.82) is 0 Å². The van der Waals surface area contributed by atoms with Gasteiger partial charge in [-0.1, -0.05) is 30.3 Å². The monoisotopic (exact) mass is 287 g/mol. The molecular weight excluding hydrogens is 266 g/mol. The second-order valence-electron chi connectivity index (χ2n) is 5.19. The molecule has 4 nitrogen and oxygen atoms in total. The number of carboxylic acids is 1. The molecule has 0 bridgehead atoms. The Balaban J connectivity index is 2.61. The number of hydrogen-bond donors (Lipinski definition) is 2. The molecule has 1 aromatic carbocycles. The number of unbranched alkanes of at least 4 members (excludes halogenated alkanes) is 2. The van der Waals surface area contributed by atoms with Gasteiger partial charge in [0.15, 0.2) is 0 Å². The molecule has 0 aromatic heterocycles. The average Bonchev–Trinajstić information content (AvgIpc) is 2.47. The first-order valence-electron chi connectivity index (χ1n) is 7.00. The van der Waals surface area contributed by atoms with Gasteiger partial charge in [-0.3, -0.25) is 9.59 Å². The van der Waals surface area contributed by atoms with E-state index in [0.29, 0.717) is 18.5 Å². The van der Waals surface area contributed by atoms with E-state index in [1.165, 1.54) is 0 Å². The number of rotatable bonds is 8. The quantitative estimate of drug-likeness (QED) is 0.569. The molecule has 0 spiro atoms. The molecular formula is C17H21NO3. The molecule has 0 aliphatic heterocycles. The van der Waals surface area contributed by atoms with Crippen LogP contribution in [0.25, 0.3) is 0 Å². The highest BCUT2D eigenvalue weighted by molar-refractivity contribution is 5.89. The number of amides is 1. The van der Waals surface area contributed by atoms with Crippen LogP contribution in [0.3, 0.4) is 0 Å². The topological polar surface area (TPSA) is 66.4 Å². The third kappa shape index (κ3) is 4.96. The number of terminal acetylenes is 1. The van der Waals surface area contributed by atoms with Gasteiger partial charge < -0.3 is 10.4 Å². The summed E-state index contributed by atoms with van der Waals surface area (Å²) in [5.41, 5.74) is -0.593. The highest BCUT2D eigenvalue weighted by Gasteiger charge is 2.37. The Kier molecular flexibility index (Phi) is 6.48. The Morgan fingerprint density at radius 1 is 1.29 bits per heavy atom. The van der Waals surface area contributed by atoms with Crippen molar-refractivity contribution in [2.45, 2.75) is 38.0 Å². The molecule has 4 heteroatoms. The van der Waals surface area contributed by atoms with Crippen molar-refractivity contribution < 1.29 is 14.7 Å². The Bertz CT molecular complexity index is 519. The predicted molar refractivity (Wildman–Crippen MR) is 81.7 cm³/mol. The van der Waals surface area contributed by atoms with Crippen LogP contribution in [0.2, 0.25) is 0 Å². The van der Waals surface area contributed by atoms with E-state index in [0.717, 1.165) is 12.8 Å². The largest absolute Gasteiger partial charge is 0.481 e. The molecule has 0 aliphatic carbocycles. The zero-order valence-electron chi connectivity index (χ0n) is 12.3.